The Morgan fingerprint density at radius 3 is 2.44 bits per heavy atom. The van der Waals surface area contributed by atoms with Crippen molar-refractivity contribution in [3.63, 3.8) is 0 Å². The molecule has 176 valence electrons. The molecule has 3 aliphatic rings. The smallest absolute Gasteiger partial charge is 0.316 e. The third-order valence-corrected chi connectivity index (χ3v) is 7.34. The highest BCUT2D eigenvalue weighted by Crippen LogP contribution is 2.43. The van der Waals surface area contributed by atoms with E-state index in [1.807, 2.05) is 30.3 Å². The first kappa shape index (κ1) is 22.3. The number of ether oxygens (including phenoxy) is 1. The van der Waals surface area contributed by atoms with Gasteiger partial charge in [0.2, 0.25) is 17.7 Å². The molecule has 0 N–H and O–H groups in total. The molecule has 1 saturated carbocycles. The monoisotopic (exact) mass is 460 g/mol. The van der Waals surface area contributed by atoms with E-state index in [0.717, 1.165) is 24.9 Å². The molecule has 2 aromatic carbocycles. The SMILES string of the molecule is Cc1cc(OC(=O)[C@@H]2CC(=O)N(c3ccccc3)C2)ccc1N1C(=O)[C@@H]2CC[C@@H](C)C[C@H]2C1=O. The highest BCUT2D eigenvalue weighted by atomic mass is 16.5. The van der Waals surface area contributed by atoms with Crippen molar-refractivity contribution in [1.82, 2.24) is 0 Å². The quantitative estimate of drug-likeness (QED) is 0.393. The normalized spacial score (nSPS) is 26.7. The minimum Gasteiger partial charge on any atom is -0.426 e. The molecule has 0 unspecified atom stereocenters. The third-order valence-electron chi connectivity index (χ3n) is 7.34. The predicted molar refractivity (Wildman–Crippen MR) is 126 cm³/mol. The van der Waals surface area contributed by atoms with Crippen LogP contribution in [0.5, 0.6) is 5.75 Å². The summed E-state index contributed by atoms with van der Waals surface area (Å²) in [5, 5.41) is 0. The summed E-state index contributed by atoms with van der Waals surface area (Å²) in [6.45, 7) is 4.20. The van der Waals surface area contributed by atoms with E-state index >= 15 is 0 Å². The molecule has 7 nitrogen and oxygen atoms in total. The molecule has 7 heteroatoms. The van der Waals surface area contributed by atoms with E-state index in [1.54, 1.807) is 30.0 Å². The van der Waals surface area contributed by atoms with Gasteiger partial charge in [0.25, 0.3) is 0 Å². The minimum atomic E-state index is -0.556. The fourth-order valence-corrected chi connectivity index (χ4v) is 5.49. The van der Waals surface area contributed by atoms with Gasteiger partial charge in [0.15, 0.2) is 0 Å². The second-order valence-corrected chi connectivity index (χ2v) is 9.75. The van der Waals surface area contributed by atoms with Gasteiger partial charge in [-0.15, -0.1) is 0 Å². The lowest BCUT2D eigenvalue weighted by atomic mass is 9.76. The summed E-state index contributed by atoms with van der Waals surface area (Å²) in [5.41, 5.74) is 1.99. The van der Waals surface area contributed by atoms with Crippen LogP contribution in [0.3, 0.4) is 0 Å². The van der Waals surface area contributed by atoms with Gasteiger partial charge in [-0.25, -0.2) is 4.90 Å². The standard InChI is InChI=1S/C27H28N2O5/c1-16-8-10-21-22(12-16)26(32)29(25(21)31)23-11-9-20(13-17(23)2)34-27(33)18-14-24(30)28(15-18)19-6-4-3-5-7-19/h3-7,9,11,13,16,18,21-22H,8,10,12,14-15H2,1-2H3/t16-,18-,21-,22-/m1/s1. The maximum Gasteiger partial charge on any atom is 0.316 e. The maximum absolute atomic E-state index is 13.0. The van der Waals surface area contributed by atoms with Crippen LogP contribution in [0.2, 0.25) is 0 Å². The molecule has 2 aromatic rings. The van der Waals surface area contributed by atoms with Crippen molar-refractivity contribution < 1.29 is 23.9 Å². The van der Waals surface area contributed by atoms with Crippen LogP contribution in [-0.4, -0.2) is 30.2 Å². The average molecular weight is 461 g/mol. The van der Waals surface area contributed by atoms with Crippen LogP contribution in [-0.2, 0) is 19.2 Å². The Bertz CT molecular complexity index is 1160. The molecule has 2 heterocycles. The van der Waals surface area contributed by atoms with E-state index in [0.29, 0.717) is 22.9 Å². The van der Waals surface area contributed by atoms with Crippen LogP contribution in [0.25, 0.3) is 0 Å². The number of esters is 1. The molecule has 2 saturated heterocycles. The summed E-state index contributed by atoms with van der Waals surface area (Å²) >= 11 is 0. The molecule has 0 aromatic heterocycles. The van der Waals surface area contributed by atoms with Crippen LogP contribution in [0.15, 0.2) is 48.5 Å². The fraction of sp³-hybridized carbons (Fsp3) is 0.407. The number of carbonyl (C=O) groups is 4. The first-order chi connectivity index (χ1) is 16.3. The summed E-state index contributed by atoms with van der Waals surface area (Å²) in [6, 6.07) is 14.2. The number of amides is 3. The number of hydrogen-bond acceptors (Lipinski definition) is 5. The number of carbonyl (C=O) groups excluding carboxylic acids is 4. The lowest BCUT2D eigenvalue weighted by Gasteiger charge is -2.25. The second kappa shape index (κ2) is 8.70. The van der Waals surface area contributed by atoms with Gasteiger partial charge in [-0.1, -0.05) is 25.1 Å². The zero-order valence-electron chi connectivity index (χ0n) is 19.4. The van der Waals surface area contributed by atoms with Gasteiger partial charge in [0.1, 0.15) is 5.75 Å². The first-order valence-corrected chi connectivity index (χ1v) is 11.9. The van der Waals surface area contributed by atoms with E-state index in [-0.39, 0.29) is 42.5 Å². The van der Waals surface area contributed by atoms with Gasteiger partial charge >= 0.3 is 5.97 Å². The average Bonchev–Trinajstić information content (AvgIpc) is 3.32. The van der Waals surface area contributed by atoms with Crippen molar-refractivity contribution in [1.29, 1.82) is 0 Å². The number of nitrogens with zero attached hydrogens (tertiary/aromatic N) is 2. The van der Waals surface area contributed by atoms with Crippen molar-refractivity contribution in [2.75, 3.05) is 16.3 Å². The molecule has 2 aliphatic heterocycles. The van der Waals surface area contributed by atoms with E-state index in [2.05, 4.69) is 6.92 Å². The predicted octanol–water partition coefficient (Wildman–Crippen LogP) is 3.88. The Kier molecular flexibility index (Phi) is 5.71. The van der Waals surface area contributed by atoms with E-state index in [4.69, 9.17) is 4.74 Å². The molecule has 34 heavy (non-hydrogen) atoms. The summed E-state index contributed by atoms with van der Waals surface area (Å²) < 4.78 is 5.59. The Balaban J connectivity index is 1.28. The van der Waals surface area contributed by atoms with E-state index in [1.165, 1.54) is 4.90 Å². The molecule has 4 atom stereocenters. The lowest BCUT2D eigenvalue weighted by Crippen LogP contribution is -2.31. The van der Waals surface area contributed by atoms with Crippen LogP contribution >= 0.6 is 0 Å². The first-order valence-electron chi connectivity index (χ1n) is 11.9. The third kappa shape index (κ3) is 3.89. The van der Waals surface area contributed by atoms with Crippen molar-refractivity contribution >= 4 is 35.1 Å². The Morgan fingerprint density at radius 1 is 0.971 bits per heavy atom. The second-order valence-electron chi connectivity index (χ2n) is 9.75. The van der Waals surface area contributed by atoms with E-state index in [9.17, 15) is 19.2 Å². The van der Waals surface area contributed by atoms with Gasteiger partial charge in [0, 0.05) is 18.7 Å². The van der Waals surface area contributed by atoms with Crippen molar-refractivity contribution in [3.05, 3.63) is 54.1 Å². The van der Waals surface area contributed by atoms with Crippen molar-refractivity contribution in [3.8, 4) is 5.75 Å². The number of fused-ring (bicyclic) bond motifs is 1. The molecular formula is C27H28N2O5. The number of aryl methyl sites for hydroxylation is 1. The van der Waals surface area contributed by atoms with Gasteiger partial charge in [-0.2, -0.15) is 0 Å². The molecule has 0 spiro atoms. The number of benzene rings is 2. The molecule has 5 rings (SSSR count). The summed E-state index contributed by atoms with van der Waals surface area (Å²) in [7, 11) is 0. The summed E-state index contributed by atoms with van der Waals surface area (Å²) in [5.74, 6) is -1.06. The molecule has 3 amide bonds. The van der Waals surface area contributed by atoms with Crippen molar-refractivity contribution in [2.45, 2.75) is 39.5 Å². The maximum atomic E-state index is 13.0. The van der Waals surface area contributed by atoms with Crippen LogP contribution in [0.1, 0.15) is 38.2 Å². The molecule has 0 radical (unpaired) electrons. The summed E-state index contributed by atoms with van der Waals surface area (Å²) in [6.07, 6.45) is 2.57. The molecule has 1 aliphatic carbocycles. The van der Waals surface area contributed by atoms with Crippen LogP contribution < -0.4 is 14.5 Å². The largest absolute Gasteiger partial charge is 0.426 e. The van der Waals surface area contributed by atoms with Crippen LogP contribution in [0.4, 0.5) is 11.4 Å². The number of hydrogen-bond donors (Lipinski definition) is 0. The molecule has 0 bridgehead atoms. The van der Waals surface area contributed by atoms with Crippen LogP contribution in [0, 0.1) is 30.6 Å². The van der Waals surface area contributed by atoms with Gasteiger partial charge in [0.05, 0.1) is 23.4 Å². The van der Waals surface area contributed by atoms with Crippen molar-refractivity contribution in [2.24, 2.45) is 23.7 Å². The van der Waals surface area contributed by atoms with E-state index < -0.39 is 11.9 Å². The highest BCUT2D eigenvalue weighted by Gasteiger charge is 2.50. The minimum absolute atomic E-state index is 0.1000. The lowest BCUT2D eigenvalue weighted by molar-refractivity contribution is -0.139. The topological polar surface area (TPSA) is 84.0 Å². The zero-order chi connectivity index (χ0) is 24.0. The molecular weight excluding hydrogens is 432 g/mol. The van der Waals surface area contributed by atoms with Gasteiger partial charge in [-0.3, -0.25) is 19.2 Å². The Labute approximate surface area is 198 Å². The number of anilines is 2. The number of rotatable bonds is 4. The zero-order valence-corrected chi connectivity index (χ0v) is 19.4. The number of imide groups is 1. The Morgan fingerprint density at radius 2 is 1.71 bits per heavy atom. The fourth-order valence-electron chi connectivity index (χ4n) is 5.49. The number of para-hydroxylation sites is 1. The van der Waals surface area contributed by atoms with Gasteiger partial charge in [-0.05, 0) is 68.0 Å². The summed E-state index contributed by atoms with van der Waals surface area (Å²) in [4.78, 5) is 54.2. The molecule has 3 fully saturated rings. The van der Waals surface area contributed by atoms with Gasteiger partial charge < -0.3 is 9.64 Å². The Hall–Kier alpha value is -3.48. The highest BCUT2D eigenvalue weighted by molar-refractivity contribution is 6.22.